The molecule has 0 fully saturated rings. The molecule has 2 heterocycles. The Labute approximate surface area is 150 Å². The van der Waals surface area contributed by atoms with Gasteiger partial charge < -0.3 is 9.47 Å². The molecule has 0 N–H and O–H groups in total. The Bertz CT molecular complexity index is 1040. The summed E-state index contributed by atoms with van der Waals surface area (Å²) in [6, 6.07) is 14.1. The average molecular weight is 350 g/mol. The van der Waals surface area contributed by atoms with E-state index in [9.17, 15) is 9.59 Å². The van der Waals surface area contributed by atoms with Gasteiger partial charge in [0.05, 0.1) is 12.8 Å². The van der Waals surface area contributed by atoms with Gasteiger partial charge in [-0.2, -0.15) is 0 Å². The summed E-state index contributed by atoms with van der Waals surface area (Å²) in [6.45, 7) is 1.76. The SMILES string of the molecule is COc1ccccc1/C=C/C(=O)OCc1cc(=O)n2c(C)cccc2n1. The summed E-state index contributed by atoms with van der Waals surface area (Å²) in [4.78, 5) is 28.5. The summed E-state index contributed by atoms with van der Waals surface area (Å²) in [5.41, 5.74) is 2.28. The number of methoxy groups -OCH3 is 1. The molecule has 26 heavy (non-hydrogen) atoms. The lowest BCUT2D eigenvalue weighted by Gasteiger charge is -2.06. The number of pyridine rings is 1. The lowest BCUT2D eigenvalue weighted by atomic mass is 10.2. The van der Waals surface area contributed by atoms with Crippen LogP contribution >= 0.6 is 0 Å². The summed E-state index contributed by atoms with van der Waals surface area (Å²) in [6.07, 6.45) is 2.93. The van der Waals surface area contributed by atoms with E-state index in [4.69, 9.17) is 9.47 Å². The lowest BCUT2D eigenvalue weighted by molar-refractivity contribution is -0.139. The number of hydrogen-bond donors (Lipinski definition) is 0. The standard InChI is InChI=1S/C20H18N2O4/c1-14-6-5-9-18-21-16(12-19(23)22(14)18)13-26-20(24)11-10-15-7-3-4-8-17(15)25-2/h3-12H,13H2,1-2H3/b11-10+. The number of carbonyl (C=O) groups excluding carboxylic acids is 1. The summed E-state index contributed by atoms with van der Waals surface area (Å²) in [5.74, 6) is 0.137. The number of fused-ring (bicyclic) bond motifs is 1. The molecule has 2 aromatic heterocycles. The number of hydrogen-bond acceptors (Lipinski definition) is 5. The van der Waals surface area contributed by atoms with E-state index in [1.807, 2.05) is 37.3 Å². The highest BCUT2D eigenvalue weighted by Crippen LogP contribution is 2.18. The molecule has 0 aliphatic rings. The van der Waals surface area contributed by atoms with Crippen molar-refractivity contribution >= 4 is 17.7 Å². The molecule has 0 unspecified atom stereocenters. The number of aromatic nitrogens is 2. The Morgan fingerprint density at radius 2 is 2.00 bits per heavy atom. The van der Waals surface area contributed by atoms with Crippen LogP contribution in [0.2, 0.25) is 0 Å². The van der Waals surface area contributed by atoms with Crippen LogP contribution in [0.5, 0.6) is 5.75 Å². The Hall–Kier alpha value is -3.41. The van der Waals surface area contributed by atoms with Crippen LogP contribution in [-0.2, 0) is 16.1 Å². The van der Waals surface area contributed by atoms with Crippen molar-refractivity contribution in [1.82, 2.24) is 9.38 Å². The Balaban J connectivity index is 1.71. The van der Waals surface area contributed by atoms with Crippen LogP contribution in [0.1, 0.15) is 17.0 Å². The van der Waals surface area contributed by atoms with Crippen LogP contribution in [0.4, 0.5) is 0 Å². The molecule has 0 aliphatic heterocycles. The van der Waals surface area contributed by atoms with E-state index in [1.54, 1.807) is 25.3 Å². The number of esters is 1. The number of carbonyl (C=O) groups is 1. The van der Waals surface area contributed by atoms with Gasteiger partial charge >= 0.3 is 5.97 Å². The predicted octanol–water partition coefficient (Wildman–Crippen LogP) is 2.77. The fourth-order valence-corrected chi connectivity index (χ4v) is 2.59. The number of benzene rings is 1. The van der Waals surface area contributed by atoms with Crippen LogP contribution in [0.15, 0.2) is 59.4 Å². The molecule has 0 bridgehead atoms. The molecule has 3 rings (SSSR count). The molecule has 6 heteroatoms. The van der Waals surface area contributed by atoms with Crippen molar-refractivity contribution < 1.29 is 14.3 Å². The van der Waals surface area contributed by atoms with Crippen molar-refractivity contribution in [3.05, 3.63) is 81.9 Å². The van der Waals surface area contributed by atoms with Crippen molar-refractivity contribution in [2.75, 3.05) is 7.11 Å². The number of nitrogens with zero attached hydrogens (tertiary/aromatic N) is 2. The van der Waals surface area contributed by atoms with E-state index in [-0.39, 0.29) is 12.2 Å². The quantitative estimate of drug-likeness (QED) is 0.523. The van der Waals surface area contributed by atoms with E-state index in [0.29, 0.717) is 17.1 Å². The fraction of sp³-hybridized carbons (Fsp3) is 0.150. The molecule has 132 valence electrons. The van der Waals surface area contributed by atoms with Gasteiger partial charge in [-0.05, 0) is 31.2 Å². The van der Waals surface area contributed by atoms with E-state index in [1.165, 1.54) is 16.5 Å². The molecular formula is C20H18N2O4. The molecule has 1 aromatic carbocycles. The minimum atomic E-state index is -0.526. The molecule has 0 atom stereocenters. The molecule has 0 saturated carbocycles. The number of para-hydroxylation sites is 1. The van der Waals surface area contributed by atoms with Crippen LogP contribution in [0.3, 0.4) is 0 Å². The maximum absolute atomic E-state index is 12.2. The molecule has 0 spiro atoms. The third kappa shape index (κ3) is 3.80. The van der Waals surface area contributed by atoms with Gasteiger partial charge in [-0.15, -0.1) is 0 Å². The molecule has 0 radical (unpaired) electrons. The Kier molecular flexibility index (Phi) is 5.12. The molecular weight excluding hydrogens is 332 g/mol. The second-order valence-corrected chi connectivity index (χ2v) is 5.63. The fourth-order valence-electron chi connectivity index (χ4n) is 2.59. The van der Waals surface area contributed by atoms with Crippen LogP contribution in [0, 0.1) is 6.92 Å². The first-order valence-corrected chi connectivity index (χ1v) is 8.04. The van der Waals surface area contributed by atoms with Gasteiger partial charge in [-0.3, -0.25) is 9.20 Å². The lowest BCUT2D eigenvalue weighted by Crippen LogP contribution is -2.18. The smallest absolute Gasteiger partial charge is 0.331 e. The zero-order valence-corrected chi connectivity index (χ0v) is 14.5. The first-order valence-electron chi connectivity index (χ1n) is 8.04. The summed E-state index contributed by atoms with van der Waals surface area (Å²) < 4.78 is 11.9. The van der Waals surface area contributed by atoms with E-state index in [2.05, 4.69) is 4.98 Å². The first kappa shape index (κ1) is 17.4. The van der Waals surface area contributed by atoms with Crippen molar-refractivity contribution in [3.63, 3.8) is 0 Å². The topological polar surface area (TPSA) is 69.9 Å². The van der Waals surface area contributed by atoms with Crippen LogP contribution in [0.25, 0.3) is 11.7 Å². The summed E-state index contributed by atoms with van der Waals surface area (Å²) in [5, 5.41) is 0. The van der Waals surface area contributed by atoms with Crippen LogP contribution < -0.4 is 10.3 Å². The average Bonchev–Trinajstić information content (AvgIpc) is 2.64. The molecule has 0 saturated heterocycles. The molecule has 3 aromatic rings. The Morgan fingerprint density at radius 3 is 2.81 bits per heavy atom. The Morgan fingerprint density at radius 1 is 1.19 bits per heavy atom. The van der Waals surface area contributed by atoms with Gasteiger partial charge in [-0.1, -0.05) is 24.3 Å². The highest BCUT2D eigenvalue weighted by molar-refractivity contribution is 5.87. The largest absolute Gasteiger partial charge is 0.496 e. The van der Waals surface area contributed by atoms with E-state index >= 15 is 0 Å². The monoisotopic (exact) mass is 350 g/mol. The highest BCUT2D eigenvalue weighted by Gasteiger charge is 2.06. The third-order valence-electron chi connectivity index (χ3n) is 3.83. The minimum absolute atomic E-state index is 0.0746. The van der Waals surface area contributed by atoms with Gasteiger partial charge in [0.1, 0.15) is 18.0 Å². The number of aryl methyl sites for hydroxylation is 1. The second-order valence-electron chi connectivity index (χ2n) is 5.63. The molecule has 0 amide bonds. The summed E-state index contributed by atoms with van der Waals surface area (Å²) in [7, 11) is 1.57. The van der Waals surface area contributed by atoms with Gasteiger partial charge in [0.15, 0.2) is 0 Å². The zero-order chi connectivity index (χ0) is 18.5. The zero-order valence-electron chi connectivity index (χ0n) is 14.5. The maximum atomic E-state index is 12.2. The van der Waals surface area contributed by atoms with E-state index in [0.717, 1.165) is 11.3 Å². The predicted molar refractivity (Wildman–Crippen MR) is 98.0 cm³/mol. The number of ether oxygens (including phenoxy) is 2. The number of rotatable bonds is 5. The van der Waals surface area contributed by atoms with Crippen LogP contribution in [-0.4, -0.2) is 22.5 Å². The summed E-state index contributed by atoms with van der Waals surface area (Å²) >= 11 is 0. The molecule has 6 nitrogen and oxygen atoms in total. The second kappa shape index (κ2) is 7.65. The van der Waals surface area contributed by atoms with E-state index < -0.39 is 5.97 Å². The van der Waals surface area contributed by atoms with Crippen molar-refractivity contribution in [2.24, 2.45) is 0 Å². The van der Waals surface area contributed by atoms with Gasteiger partial charge in [0.25, 0.3) is 5.56 Å². The van der Waals surface area contributed by atoms with Gasteiger partial charge in [0, 0.05) is 23.4 Å². The van der Waals surface area contributed by atoms with Gasteiger partial charge in [-0.25, -0.2) is 9.78 Å². The molecule has 0 aliphatic carbocycles. The van der Waals surface area contributed by atoms with Crippen molar-refractivity contribution in [1.29, 1.82) is 0 Å². The third-order valence-corrected chi connectivity index (χ3v) is 3.83. The first-order chi connectivity index (χ1) is 12.6. The van der Waals surface area contributed by atoms with Crippen molar-refractivity contribution in [2.45, 2.75) is 13.5 Å². The van der Waals surface area contributed by atoms with Gasteiger partial charge in [0.2, 0.25) is 0 Å². The highest BCUT2D eigenvalue weighted by atomic mass is 16.5. The normalized spacial score (nSPS) is 11.0. The minimum Gasteiger partial charge on any atom is -0.496 e. The van der Waals surface area contributed by atoms with Crippen molar-refractivity contribution in [3.8, 4) is 5.75 Å². The maximum Gasteiger partial charge on any atom is 0.331 e.